The van der Waals surface area contributed by atoms with Crippen molar-refractivity contribution in [2.75, 3.05) is 26.8 Å². The van der Waals surface area contributed by atoms with Gasteiger partial charge in [0.15, 0.2) is 0 Å². The van der Waals surface area contributed by atoms with Crippen LogP contribution < -0.4 is 4.74 Å². The lowest BCUT2D eigenvalue weighted by molar-refractivity contribution is 0.0207. The summed E-state index contributed by atoms with van der Waals surface area (Å²) in [5, 5.41) is 0. The molecule has 29 heavy (non-hydrogen) atoms. The molecule has 0 unspecified atom stereocenters. The number of hydrogen-bond donors (Lipinski definition) is 0. The molecule has 0 bridgehead atoms. The molecule has 7 heteroatoms. The molecule has 7 nitrogen and oxygen atoms in total. The van der Waals surface area contributed by atoms with Crippen molar-refractivity contribution in [3.8, 4) is 5.75 Å². The van der Waals surface area contributed by atoms with E-state index in [0.717, 1.165) is 48.2 Å². The van der Waals surface area contributed by atoms with E-state index in [9.17, 15) is 4.79 Å². The third-order valence-corrected chi connectivity index (χ3v) is 4.78. The second kappa shape index (κ2) is 9.39. The third-order valence-electron chi connectivity index (χ3n) is 4.78. The van der Waals surface area contributed by atoms with E-state index < -0.39 is 5.60 Å². The number of nitrogens with zero attached hydrogens (tertiary/aromatic N) is 3. The average Bonchev–Trinajstić information content (AvgIpc) is 3.15. The van der Waals surface area contributed by atoms with Gasteiger partial charge >= 0.3 is 6.09 Å². The highest BCUT2D eigenvalue weighted by Gasteiger charge is 2.30. The van der Waals surface area contributed by atoms with Gasteiger partial charge in [-0.15, -0.1) is 0 Å². The van der Waals surface area contributed by atoms with Gasteiger partial charge in [0.05, 0.1) is 25.3 Å². The lowest BCUT2D eigenvalue weighted by atomic mass is 10.1. The van der Waals surface area contributed by atoms with E-state index in [-0.39, 0.29) is 12.2 Å². The normalized spacial score (nSPS) is 17.0. The highest BCUT2D eigenvalue weighted by Crippen LogP contribution is 2.23. The zero-order chi connectivity index (χ0) is 20.9. The maximum atomic E-state index is 12.1. The fraction of sp³-hybridized carbons (Fsp3) is 0.591. The van der Waals surface area contributed by atoms with Gasteiger partial charge in [0, 0.05) is 31.1 Å². The minimum atomic E-state index is -0.467. The Morgan fingerprint density at radius 3 is 2.90 bits per heavy atom. The van der Waals surface area contributed by atoms with Crippen LogP contribution in [0.1, 0.15) is 45.7 Å². The number of aromatic nitrogens is 2. The van der Waals surface area contributed by atoms with Crippen LogP contribution in [0.2, 0.25) is 0 Å². The van der Waals surface area contributed by atoms with Gasteiger partial charge in [-0.3, -0.25) is 9.97 Å². The minimum absolute atomic E-state index is 0.0903. The molecule has 1 saturated heterocycles. The smallest absolute Gasteiger partial charge is 0.410 e. The maximum Gasteiger partial charge on any atom is 0.410 e. The average molecular weight is 402 g/mol. The van der Waals surface area contributed by atoms with Crippen LogP contribution >= 0.6 is 0 Å². The van der Waals surface area contributed by atoms with Crippen LogP contribution in [0.3, 0.4) is 0 Å². The van der Waals surface area contributed by atoms with Crippen molar-refractivity contribution in [2.45, 2.75) is 58.2 Å². The molecule has 2 aromatic rings. The molecule has 2 aromatic heterocycles. The molecule has 1 aliphatic heterocycles. The number of pyridine rings is 2. The first-order valence-electron chi connectivity index (χ1n) is 10.2. The molecule has 1 atom stereocenters. The maximum absolute atomic E-state index is 12.1. The zero-order valence-electron chi connectivity index (χ0n) is 17.8. The molecule has 1 aliphatic rings. The zero-order valence-corrected chi connectivity index (χ0v) is 17.8. The standard InChI is InChI=1S/C22H31N3O4/c1-22(2,3)29-21(26)25-12-10-17(15-25)28-13-6-5-8-16-14-19(27-4)20-18(24-16)9-7-11-23-20/h7,9,11,14,17H,5-6,8,10,12-13,15H2,1-4H3/t17-/m1/s1. The van der Waals surface area contributed by atoms with Crippen molar-refractivity contribution in [3.05, 3.63) is 30.1 Å². The quantitative estimate of drug-likeness (QED) is 0.653. The molecule has 1 amide bonds. The highest BCUT2D eigenvalue weighted by molar-refractivity contribution is 5.80. The van der Waals surface area contributed by atoms with Gasteiger partial charge in [-0.25, -0.2) is 4.79 Å². The van der Waals surface area contributed by atoms with E-state index in [0.29, 0.717) is 19.7 Å². The molecule has 0 aromatic carbocycles. The van der Waals surface area contributed by atoms with Gasteiger partial charge in [0.2, 0.25) is 0 Å². The fourth-order valence-corrected chi connectivity index (χ4v) is 3.38. The number of carbonyl (C=O) groups excluding carboxylic acids is 1. The van der Waals surface area contributed by atoms with Crippen molar-refractivity contribution in [3.63, 3.8) is 0 Å². The van der Waals surface area contributed by atoms with Gasteiger partial charge in [-0.2, -0.15) is 0 Å². The second-order valence-electron chi connectivity index (χ2n) is 8.35. The Morgan fingerprint density at radius 1 is 1.31 bits per heavy atom. The van der Waals surface area contributed by atoms with E-state index in [1.165, 1.54) is 0 Å². The van der Waals surface area contributed by atoms with Gasteiger partial charge in [0.1, 0.15) is 16.9 Å². The summed E-state index contributed by atoms with van der Waals surface area (Å²) in [4.78, 5) is 22.9. The molecule has 0 N–H and O–H groups in total. The summed E-state index contributed by atoms with van der Waals surface area (Å²) in [5.41, 5.74) is 2.18. The van der Waals surface area contributed by atoms with Crippen molar-refractivity contribution >= 4 is 17.1 Å². The van der Waals surface area contributed by atoms with Crippen molar-refractivity contribution < 1.29 is 19.0 Å². The summed E-state index contributed by atoms with van der Waals surface area (Å²) in [7, 11) is 1.66. The summed E-state index contributed by atoms with van der Waals surface area (Å²) in [6, 6.07) is 5.80. The first kappa shape index (κ1) is 21.3. The molecule has 0 radical (unpaired) electrons. The van der Waals surface area contributed by atoms with E-state index in [2.05, 4.69) is 9.97 Å². The Bertz CT molecular complexity index is 834. The van der Waals surface area contributed by atoms with Gasteiger partial charge in [-0.05, 0) is 58.6 Å². The Hall–Kier alpha value is -2.41. The number of likely N-dealkylation sites (tertiary alicyclic amines) is 1. The minimum Gasteiger partial charge on any atom is -0.494 e. The third kappa shape index (κ3) is 6.03. The summed E-state index contributed by atoms with van der Waals surface area (Å²) in [6.45, 7) is 7.61. The Morgan fingerprint density at radius 2 is 2.14 bits per heavy atom. The van der Waals surface area contributed by atoms with E-state index in [4.69, 9.17) is 14.2 Å². The first-order valence-corrected chi connectivity index (χ1v) is 10.2. The number of carbonyl (C=O) groups is 1. The van der Waals surface area contributed by atoms with Crippen molar-refractivity contribution in [1.29, 1.82) is 0 Å². The Labute approximate surface area is 172 Å². The molecular formula is C22H31N3O4. The summed E-state index contributed by atoms with van der Waals surface area (Å²) in [5.74, 6) is 0.759. The Kier molecular flexibility index (Phi) is 6.90. The van der Waals surface area contributed by atoms with Crippen LogP contribution in [-0.2, 0) is 15.9 Å². The number of rotatable bonds is 7. The summed E-state index contributed by atoms with van der Waals surface area (Å²) < 4.78 is 16.8. The predicted octanol–water partition coefficient (Wildman–Crippen LogP) is 3.99. The lowest BCUT2D eigenvalue weighted by Crippen LogP contribution is -2.36. The number of ether oxygens (including phenoxy) is 3. The fourth-order valence-electron chi connectivity index (χ4n) is 3.38. The number of amides is 1. The molecule has 1 fully saturated rings. The highest BCUT2D eigenvalue weighted by atomic mass is 16.6. The van der Waals surface area contributed by atoms with Gasteiger partial charge in [-0.1, -0.05) is 0 Å². The number of hydrogen-bond acceptors (Lipinski definition) is 6. The van der Waals surface area contributed by atoms with Crippen LogP contribution in [0.25, 0.3) is 11.0 Å². The van der Waals surface area contributed by atoms with Crippen LogP contribution in [0.5, 0.6) is 5.75 Å². The number of fused-ring (bicyclic) bond motifs is 1. The van der Waals surface area contributed by atoms with Crippen LogP contribution in [0, 0.1) is 0 Å². The topological polar surface area (TPSA) is 73.8 Å². The number of unbranched alkanes of at least 4 members (excludes halogenated alkanes) is 1. The van der Waals surface area contributed by atoms with Crippen LogP contribution in [0.4, 0.5) is 4.79 Å². The number of aryl methyl sites for hydroxylation is 1. The van der Waals surface area contributed by atoms with Gasteiger partial charge in [0.25, 0.3) is 0 Å². The largest absolute Gasteiger partial charge is 0.494 e. The molecule has 3 rings (SSSR count). The van der Waals surface area contributed by atoms with E-state index in [1.54, 1.807) is 18.2 Å². The van der Waals surface area contributed by atoms with Gasteiger partial charge < -0.3 is 19.1 Å². The van der Waals surface area contributed by atoms with E-state index >= 15 is 0 Å². The van der Waals surface area contributed by atoms with Crippen LogP contribution in [-0.4, -0.2) is 59.5 Å². The molecule has 3 heterocycles. The monoisotopic (exact) mass is 401 g/mol. The van der Waals surface area contributed by atoms with Crippen molar-refractivity contribution in [2.24, 2.45) is 0 Å². The summed E-state index contributed by atoms with van der Waals surface area (Å²) >= 11 is 0. The molecule has 0 saturated carbocycles. The van der Waals surface area contributed by atoms with E-state index in [1.807, 2.05) is 39.0 Å². The molecule has 0 spiro atoms. The predicted molar refractivity (Wildman–Crippen MR) is 111 cm³/mol. The summed E-state index contributed by atoms with van der Waals surface area (Å²) in [6.07, 6.45) is 5.22. The molecule has 0 aliphatic carbocycles. The SMILES string of the molecule is COc1cc(CCCCO[C@@H]2CCN(C(=O)OC(C)(C)C)C2)nc2cccnc12. The number of methoxy groups -OCH3 is 1. The van der Waals surface area contributed by atoms with Crippen LogP contribution in [0.15, 0.2) is 24.4 Å². The lowest BCUT2D eigenvalue weighted by Gasteiger charge is -2.24. The molecule has 158 valence electrons. The van der Waals surface area contributed by atoms with Crippen molar-refractivity contribution in [1.82, 2.24) is 14.9 Å². The Balaban J connectivity index is 1.40. The second-order valence-corrected chi connectivity index (χ2v) is 8.35. The first-order chi connectivity index (χ1) is 13.9. The molecular weight excluding hydrogens is 370 g/mol.